The highest BCUT2D eigenvalue weighted by Crippen LogP contribution is 1.93. The van der Waals surface area contributed by atoms with Gasteiger partial charge in [0.25, 0.3) is 0 Å². The van der Waals surface area contributed by atoms with Gasteiger partial charge in [-0.15, -0.1) is 0 Å². The molecule has 1 saturated heterocycles. The van der Waals surface area contributed by atoms with Crippen LogP contribution in [0.3, 0.4) is 0 Å². The molecule has 0 radical (unpaired) electrons. The van der Waals surface area contributed by atoms with E-state index in [-0.39, 0.29) is 19.9 Å². The molecule has 0 aromatic rings. The molecule has 1 unspecified atom stereocenters. The molecule has 7 heavy (non-hydrogen) atoms. The minimum Gasteiger partial charge on any atom is -1.00 e. The highest BCUT2D eigenvalue weighted by Gasteiger charge is 2.08. The molecule has 0 aromatic heterocycles. The maximum absolute atomic E-state index is 8.67. The fraction of sp³-hybridized carbons (Fsp3) is 1.00. The second kappa shape index (κ2) is 3.24. The highest BCUT2D eigenvalue weighted by atomic mass is 35.5. The summed E-state index contributed by atoms with van der Waals surface area (Å²) < 4.78 is 0. The monoisotopic (exact) mass is 123 g/mol. The van der Waals surface area contributed by atoms with E-state index in [0.717, 1.165) is 19.5 Å². The molecule has 1 rings (SSSR count). The molecule has 0 spiro atoms. The second-order valence-electron chi connectivity index (χ2n) is 1.65. The zero-order valence-electron chi connectivity index (χ0n) is 5.02. The molecule has 1 aliphatic heterocycles. The Bertz CT molecular complexity index is 49.3. The zero-order valence-corrected chi connectivity index (χ0v) is 4.78. The van der Waals surface area contributed by atoms with Crippen LogP contribution in [-0.2, 0) is 0 Å². The predicted octanol–water partition coefficient (Wildman–Crippen LogP) is -3.54. The Morgan fingerprint density at radius 1 is 1.71 bits per heavy atom. The van der Waals surface area contributed by atoms with Gasteiger partial charge in [-0.25, -0.2) is 0 Å². The van der Waals surface area contributed by atoms with Crippen molar-refractivity contribution in [2.45, 2.75) is 12.5 Å². The summed E-state index contributed by atoms with van der Waals surface area (Å²) in [7, 11) is 0. The maximum Gasteiger partial charge on any atom is 1.00 e. The lowest BCUT2D eigenvalue weighted by Gasteiger charge is -1.90. The number of halogens is 1. The van der Waals surface area contributed by atoms with E-state index >= 15 is 0 Å². The van der Waals surface area contributed by atoms with Crippen LogP contribution in [0.25, 0.3) is 0 Å². The van der Waals surface area contributed by atoms with Crippen molar-refractivity contribution in [1.82, 2.24) is 5.32 Å². The lowest BCUT2D eigenvalue weighted by Crippen LogP contribution is -3.00. The Hall–Kier alpha value is 0.210. The van der Waals surface area contributed by atoms with Crippen molar-refractivity contribution in [3.63, 3.8) is 0 Å². The van der Waals surface area contributed by atoms with Crippen molar-refractivity contribution in [2.24, 2.45) is 0 Å². The molecule has 3 heteroatoms. The fourth-order valence-corrected chi connectivity index (χ4v) is 0.639. The number of nitrogens with one attached hydrogen (secondary N) is 1. The Labute approximate surface area is 50.8 Å². The first-order chi connectivity index (χ1) is 2.89. The summed E-state index contributed by atoms with van der Waals surface area (Å²) in [6.07, 6.45) is 0.866. The third-order valence-corrected chi connectivity index (χ3v) is 1.03. The topological polar surface area (TPSA) is 32.3 Å². The van der Waals surface area contributed by atoms with Crippen LogP contribution >= 0.6 is 0 Å². The number of aliphatic hydroxyl groups excluding tert-OH is 1. The number of hydrogen-bond donors (Lipinski definition) is 2. The molecule has 1 heterocycles. The first-order valence-corrected chi connectivity index (χ1v) is 2.28. The van der Waals surface area contributed by atoms with Crippen molar-refractivity contribution >= 4 is 0 Å². The van der Waals surface area contributed by atoms with Crippen LogP contribution in [0, 0.1) is 0 Å². The molecule has 1 fully saturated rings. The highest BCUT2D eigenvalue weighted by molar-refractivity contribution is 4.67. The van der Waals surface area contributed by atoms with Gasteiger partial charge in [-0.05, 0) is 13.0 Å². The second-order valence-corrected chi connectivity index (χ2v) is 1.65. The minimum atomic E-state index is -0.0648. The Morgan fingerprint density at radius 3 is 2.57 bits per heavy atom. The Morgan fingerprint density at radius 2 is 2.43 bits per heavy atom. The molecule has 2 nitrogen and oxygen atoms in total. The largest absolute Gasteiger partial charge is 1.00 e. The van der Waals surface area contributed by atoms with Gasteiger partial charge in [-0.1, -0.05) is 0 Å². The van der Waals surface area contributed by atoms with Gasteiger partial charge in [0.1, 0.15) is 0 Å². The number of hydrogen-bond acceptors (Lipinski definition) is 2. The Kier molecular flexibility index (Phi) is 3.34. The minimum absolute atomic E-state index is 0. The Balaban J connectivity index is 0. The van der Waals surface area contributed by atoms with Crippen LogP contribution in [0.2, 0.25) is 0 Å². The molecule has 0 amide bonds. The van der Waals surface area contributed by atoms with Gasteiger partial charge in [0.2, 0.25) is 0 Å². The summed E-state index contributed by atoms with van der Waals surface area (Å²) in [5.74, 6) is 0. The average molecular weight is 124 g/mol. The lowest BCUT2D eigenvalue weighted by atomic mass is 10.3. The van der Waals surface area contributed by atoms with Crippen LogP contribution < -0.4 is 17.7 Å². The van der Waals surface area contributed by atoms with Crippen molar-refractivity contribution in [2.75, 3.05) is 13.1 Å². The maximum atomic E-state index is 8.67. The number of rotatable bonds is 0. The molecule has 0 aromatic carbocycles. The predicted molar refractivity (Wildman–Crippen MR) is 24.6 cm³/mol. The summed E-state index contributed by atoms with van der Waals surface area (Å²) >= 11 is 0. The van der Waals surface area contributed by atoms with Crippen molar-refractivity contribution in [3.8, 4) is 0 Å². The standard InChI is InChI=1S/C4H9NO.ClH/c6-4-1-2-5-3-4;/h4-6H,1-3H2;1H. The van der Waals surface area contributed by atoms with Gasteiger partial charge in [0.05, 0.1) is 6.10 Å². The summed E-state index contributed by atoms with van der Waals surface area (Å²) in [6.45, 7) is 1.78. The number of aliphatic hydroxyl groups is 1. The van der Waals surface area contributed by atoms with Crippen LogP contribution in [0.1, 0.15) is 7.85 Å². The van der Waals surface area contributed by atoms with E-state index in [0.29, 0.717) is 0 Å². The fourth-order valence-electron chi connectivity index (χ4n) is 0.639. The van der Waals surface area contributed by atoms with Gasteiger partial charge < -0.3 is 22.8 Å². The first kappa shape index (κ1) is 7.21. The molecular formula is C4H10ClNO. The molecule has 0 bridgehead atoms. The molecular weight excluding hydrogens is 114 g/mol. The van der Waals surface area contributed by atoms with E-state index in [2.05, 4.69) is 5.32 Å². The van der Waals surface area contributed by atoms with Crippen LogP contribution in [0.15, 0.2) is 0 Å². The van der Waals surface area contributed by atoms with E-state index in [1.807, 2.05) is 0 Å². The van der Waals surface area contributed by atoms with Gasteiger partial charge in [0.15, 0.2) is 0 Å². The molecule has 2 N–H and O–H groups in total. The third-order valence-electron chi connectivity index (χ3n) is 1.03. The SMILES string of the molecule is OC1CCNC1.[Cl-].[H+]. The van der Waals surface area contributed by atoms with Gasteiger partial charge in [-0.3, -0.25) is 0 Å². The summed E-state index contributed by atoms with van der Waals surface area (Å²) in [4.78, 5) is 0. The first-order valence-electron chi connectivity index (χ1n) is 2.28. The zero-order chi connectivity index (χ0) is 4.41. The third kappa shape index (κ3) is 2.12. The van der Waals surface area contributed by atoms with E-state index in [4.69, 9.17) is 5.11 Å². The van der Waals surface area contributed by atoms with Gasteiger partial charge in [-0.2, -0.15) is 0 Å². The van der Waals surface area contributed by atoms with E-state index in [9.17, 15) is 0 Å². The van der Waals surface area contributed by atoms with Crippen molar-refractivity contribution in [1.29, 1.82) is 0 Å². The summed E-state index contributed by atoms with van der Waals surface area (Å²) in [5, 5.41) is 11.7. The van der Waals surface area contributed by atoms with Crippen molar-refractivity contribution in [3.05, 3.63) is 0 Å². The summed E-state index contributed by atoms with van der Waals surface area (Å²) in [5.41, 5.74) is 0. The molecule has 1 atom stereocenters. The van der Waals surface area contributed by atoms with E-state index in [1.165, 1.54) is 0 Å². The van der Waals surface area contributed by atoms with Crippen LogP contribution in [0.5, 0.6) is 0 Å². The van der Waals surface area contributed by atoms with E-state index in [1.54, 1.807) is 0 Å². The van der Waals surface area contributed by atoms with Gasteiger partial charge in [0, 0.05) is 6.54 Å². The van der Waals surface area contributed by atoms with Crippen LogP contribution in [0.4, 0.5) is 0 Å². The van der Waals surface area contributed by atoms with Crippen LogP contribution in [-0.4, -0.2) is 24.3 Å². The molecule has 1 aliphatic rings. The molecule has 44 valence electrons. The number of β-amino-alcohol motifs (C(OH)–C–C–N with tert-alkyl or cyclic N) is 1. The quantitative estimate of drug-likeness (QED) is 0.350. The molecule has 0 aliphatic carbocycles. The molecule has 0 saturated carbocycles. The van der Waals surface area contributed by atoms with E-state index < -0.39 is 0 Å². The normalized spacial score (nSPS) is 29.6. The smallest absolute Gasteiger partial charge is 1.00 e. The van der Waals surface area contributed by atoms with Crippen molar-refractivity contribution < 1.29 is 18.9 Å². The summed E-state index contributed by atoms with van der Waals surface area (Å²) in [6, 6.07) is 0. The lowest BCUT2D eigenvalue weighted by molar-refractivity contribution is -0.00000325. The van der Waals surface area contributed by atoms with Gasteiger partial charge >= 0.3 is 1.43 Å². The average Bonchev–Trinajstić information content (AvgIpc) is 1.86.